The smallest absolute Gasteiger partial charge is 0.379 e. The van der Waals surface area contributed by atoms with E-state index in [2.05, 4.69) is 26.2 Å². The van der Waals surface area contributed by atoms with Crippen LogP contribution in [0.1, 0.15) is 47.6 Å². The molecular formula is C26H28BrF4N3O3. The monoisotopic (exact) mass is 585 g/mol. The Morgan fingerprint density at radius 3 is 2.54 bits per heavy atom. The molecule has 200 valence electrons. The number of anilines is 1. The number of carbonyl (C=O) groups excluding carboxylic acids is 1. The zero-order valence-electron chi connectivity index (χ0n) is 20.1. The molecule has 1 saturated carbocycles. The fourth-order valence-electron chi connectivity index (χ4n) is 4.63. The number of benzene rings is 2. The maximum absolute atomic E-state index is 13.9. The van der Waals surface area contributed by atoms with Crippen molar-refractivity contribution in [2.24, 2.45) is 5.92 Å². The number of hydrogen-bond acceptors (Lipinski definition) is 4. The highest BCUT2D eigenvalue weighted by Crippen LogP contribution is 2.37. The van der Waals surface area contributed by atoms with Gasteiger partial charge in [-0.25, -0.2) is 9.37 Å². The first kappa shape index (κ1) is 27.5. The van der Waals surface area contributed by atoms with Crippen LogP contribution in [0.15, 0.2) is 42.5 Å². The van der Waals surface area contributed by atoms with Gasteiger partial charge >= 0.3 is 6.18 Å². The molecule has 0 unspecified atom stereocenters. The Hall–Kier alpha value is -2.50. The summed E-state index contributed by atoms with van der Waals surface area (Å²) in [6.45, 7) is 2.37. The number of rotatable bonds is 10. The summed E-state index contributed by atoms with van der Waals surface area (Å²) in [5.41, 5.74) is -0.0239. The third kappa shape index (κ3) is 7.08. The average Bonchev–Trinajstić information content (AvgIpc) is 3.22. The van der Waals surface area contributed by atoms with Crippen LogP contribution in [-0.2, 0) is 15.7 Å². The number of carbonyl (C=O) groups is 1. The predicted molar refractivity (Wildman–Crippen MR) is 136 cm³/mol. The topological polar surface area (TPSA) is 65.4 Å². The molecule has 1 N–H and O–H groups in total. The summed E-state index contributed by atoms with van der Waals surface area (Å²) < 4.78 is 66.3. The normalized spacial score (nSPS) is 18.3. The average molecular weight is 586 g/mol. The standard InChI is InChI=1S/C26H28BrF4N3O3/c27-10-11-36-12-13-37-16-17-4-7-21(8-5-17)34-23-9-6-20(28)15-22(23)32-25(34)33-24(35)18-2-1-3-19(14-18)26(29,30)31/h1-3,6,9,14-15,17,21H,4-5,7-8,10-13,16H2,(H,32,33,35)/t17-,21+. The molecule has 0 atom stereocenters. The van der Waals surface area contributed by atoms with Crippen molar-refractivity contribution in [2.75, 3.05) is 37.1 Å². The first-order chi connectivity index (χ1) is 17.8. The summed E-state index contributed by atoms with van der Waals surface area (Å²) in [6.07, 6.45) is -1.18. The van der Waals surface area contributed by atoms with Crippen LogP contribution >= 0.6 is 15.9 Å². The van der Waals surface area contributed by atoms with Crippen LogP contribution in [0.3, 0.4) is 0 Å². The molecule has 1 fully saturated rings. The molecule has 0 bridgehead atoms. The fraction of sp³-hybridized carbons (Fsp3) is 0.462. The molecule has 1 aliphatic carbocycles. The second-order valence-electron chi connectivity index (χ2n) is 9.02. The minimum atomic E-state index is -4.57. The Morgan fingerprint density at radius 1 is 1.05 bits per heavy atom. The van der Waals surface area contributed by atoms with Crippen LogP contribution in [0.25, 0.3) is 11.0 Å². The van der Waals surface area contributed by atoms with Crippen LogP contribution in [0.4, 0.5) is 23.5 Å². The lowest BCUT2D eigenvalue weighted by molar-refractivity contribution is -0.137. The molecule has 2 aromatic carbocycles. The maximum Gasteiger partial charge on any atom is 0.416 e. The van der Waals surface area contributed by atoms with Crippen LogP contribution in [-0.4, -0.2) is 47.2 Å². The van der Waals surface area contributed by atoms with E-state index in [0.29, 0.717) is 43.4 Å². The lowest BCUT2D eigenvalue weighted by Gasteiger charge is -2.30. The van der Waals surface area contributed by atoms with Gasteiger partial charge in [0.25, 0.3) is 5.91 Å². The Balaban J connectivity index is 1.47. The van der Waals surface area contributed by atoms with E-state index in [1.165, 1.54) is 24.3 Å². The van der Waals surface area contributed by atoms with Crippen molar-refractivity contribution in [1.29, 1.82) is 0 Å². The van der Waals surface area contributed by atoms with E-state index in [4.69, 9.17) is 9.47 Å². The third-order valence-electron chi connectivity index (χ3n) is 6.46. The molecule has 1 amide bonds. The largest absolute Gasteiger partial charge is 0.416 e. The fourth-order valence-corrected chi connectivity index (χ4v) is 4.86. The van der Waals surface area contributed by atoms with Crippen molar-refractivity contribution < 1.29 is 31.8 Å². The summed E-state index contributed by atoms with van der Waals surface area (Å²) >= 11 is 3.31. The summed E-state index contributed by atoms with van der Waals surface area (Å²) in [5.74, 6) is -0.601. The Labute approximate surface area is 220 Å². The van der Waals surface area contributed by atoms with Crippen molar-refractivity contribution in [2.45, 2.75) is 37.9 Å². The Morgan fingerprint density at radius 2 is 1.81 bits per heavy atom. The summed E-state index contributed by atoms with van der Waals surface area (Å²) in [4.78, 5) is 17.3. The van der Waals surface area contributed by atoms with Gasteiger partial charge in [-0.3, -0.25) is 10.1 Å². The van der Waals surface area contributed by atoms with E-state index in [1.54, 1.807) is 6.07 Å². The second kappa shape index (κ2) is 12.4. The van der Waals surface area contributed by atoms with Crippen molar-refractivity contribution >= 4 is 38.8 Å². The van der Waals surface area contributed by atoms with Gasteiger partial charge in [-0.1, -0.05) is 22.0 Å². The van der Waals surface area contributed by atoms with Gasteiger partial charge in [0.1, 0.15) is 5.82 Å². The molecule has 1 heterocycles. The second-order valence-corrected chi connectivity index (χ2v) is 9.81. The first-order valence-electron chi connectivity index (χ1n) is 12.1. The van der Waals surface area contributed by atoms with E-state index in [9.17, 15) is 22.4 Å². The summed E-state index contributed by atoms with van der Waals surface area (Å²) in [6, 6.07) is 8.43. The predicted octanol–water partition coefficient (Wildman–Crippen LogP) is 6.61. The Bertz CT molecular complexity index is 1210. The maximum atomic E-state index is 13.9. The molecule has 0 spiro atoms. The van der Waals surface area contributed by atoms with E-state index < -0.39 is 23.5 Å². The van der Waals surface area contributed by atoms with Crippen molar-refractivity contribution in [3.63, 3.8) is 0 Å². The molecule has 4 rings (SSSR count). The molecular weight excluding hydrogens is 558 g/mol. The number of aromatic nitrogens is 2. The molecule has 0 aliphatic heterocycles. The highest BCUT2D eigenvalue weighted by molar-refractivity contribution is 9.09. The zero-order chi connectivity index (χ0) is 26.4. The molecule has 37 heavy (non-hydrogen) atoms. The number of amides is 1. The van der Waals surface area contributed by atoms with Gasteiger partial charge in [-0.05, 0) is 61.9 Å². The van der Waals surface area contributed by atoms with E-state index in [0.717, 1.165) is 43.1 Å². The Kier molecular flexibility index (Phi) is 9.20. The lowest BCUT2D eigenvalue weighted by Crippen LogP contribution is -2.24. The van der Waals surface area contributed by atoms with Crippen LogP contribution < -0.4 is 5.32 Å². The number of imidazole rings is 1. The minimum Gasteiger partial charge on any atom is -0.379 e. The molecule has 1 aromatic heterocycles. The van der Waals surface area contributed by atoms with E-state index in [1.807, 2.05) is 4.57 Å². The molecule has 3 aromatic rings. The van der Waals surface area contributed by atoms with E-state index >= 15 is 0 Å². The van der Waals surface area contributed by atoms with Gasteiger partial charge in [-0.2, -0.15) is 13.2 Å². The number of ether oxygens (including phenoxy) is 2. The number of halogens is 5. The van der Waals surface area contributed by atoms with Gasteiger partial charge in [0.15, 0.2) is 0 Å². The molecule has 6 nitrogen and oxygen atoms in total. The SMILES string of the molecule is O=C(Nc1nc2cc(F)ccc2n1[C@H]1CC[C@@H](COCCOCCBr)CC1)c1cccc(C(F)(F)F)c1. The van der Waals surface area contributed by atoms with Crippen molar-refractivity contribution in [1.82, 2.24) is 9.55 Å². The van der Waals surface area contributed by atoms with Crippen LogP contribution in [0.2, 0.25) is 0 Å². The van der Waals surface area contributed by atoms with Gasteiger partial charge in [-0.15, -0.1) is 0 Å². The first-order valence-corrected chi connectivity index (χ1v) is 13.3. The highest BCUT2D eigenvalue weighted by Gasteiger charge is 2.31. The number of nitrogens with one attached hydrogen (secondary N) is 1. The van der Waals surface area contributed by atoms with Gasteiger partial charge in [0.2, 0.25) is 5.95 Å². The van der Waals surface area contributed by atoms with Crippen molar-refractivity contribution in [3.8, 4) is 0 Å². The van der Waals surface area contributed by atoms with Gasteiger partial charge < -0.3 is 14.0 Å². The zero-order valence-corrected chi connectivity index (χ0v) is 21.7. The summed E-state index contributed by atoms with van der Waals surface area (Å²) in [7, 11) is 0. The number of nitrogens with zero attached hydrogens (tertiary/aromatic N) is 2. The third-order valence-corrected chi connectivity index (χ3v) is 6.78. The lowest BCUT2D eigenvalue weighted by atomic mass is 9.86. The summed E-state index contributed by atoms with van der Waals surface area (Å²) in [5, 5.41) is 3.45. The molecule has 0 radical (unpaired) electrons. The minimum absolute atomic E-state index is 0.00853. The number of fused-ring (bicyclic) bond motifs is 1. The van der Waals surface area contributed by atoms with Crippen LogP contribution in [0.5, 0.6) is 0 Å². The van der Waals surface area contributed by atoms with Crippen molar-refractivity contribution in [3.05, 3.63) is 59.4 Å². The van der Waals surface area contributed by atoms with E-state index in [-0.39, 0.29) is 17.6 Å². The molecule has 0 saturated heterocycles. The highest BCUT2D eigenvalue weighted by atomic mass is 79.9. The van der Waals surface area contributed by atoms with Crippen LogP contribution in [0, 0.1) is 11.7 Å². The van der Waals surface area contributed by atoms with Gasteiger partial charge in [0.05, 0.1) is 36.4 Å². The molecule has 1 aliphatic rings. The molecule has 11 heteroatoms. The number of hydrogen-bond donors (Lipinski definition) is 1. The quantitative estimate of drug-likeness (QED) is 0.165. The van der Waals surface area contributed by atoms with Gasteiger partial charge in [0, 0.05) is 29.6 Å². The number of alkyl halides is 4.